The smallest absolute Gasteiger partial charge is 0.257 e. The molecule has 5 nitrogen and oxygen atoms in total. The largest absolute Gasteiger partial charge is 0.378 e. The van der Waals surface area contributed by atoms with Gasteiger partial charge in [-0.25, -0.2) is 4.98 Å². The molecule has 1 aliphatic heterocycles. The van der Waals surface area contributed by atoms with E-state index in [4.69, 9.17) is 4.74 Å². The molecule has 128 valence electrons. The van der Waals surface area contributed by atoms with Gasteiger partial charge in [-0.3, -0.25) is 10.1 Å². The van der Waals surface area contributed by atoms with E-state index < -0.39 is 0 Å². The number of nitrogens with zero attached hydrogens (tertiary/aromatic N) is 2. The summed E-state index contributed by atoms with van der Waals surface area (Å²) in [6, 6.07) is 13.8. The van der Waals surface area contributed by atoms with E-state index in [1.165, 1.54) is 17.0 Å². The molecule has 1 saturated heterocycles. The summed E-state index contributed by atoms with van der Waals surface area (Å²) in [6.45, 7) is 5.33. The van der Waals surface area contributed by atoms with Crippen molar-refractivity contribution in [3.05, 3.63) is 53.6 Å². The Balaban J connectivity index is 1.54. The molecule has 6 heteroatoms. The highest BCUT2D eigenvalue weighted by atomic mass is 32.1. The lowest BCUT2D eigenvalue weighted by molar-refractivity contribution is 0.102. The second-order valence-electron chi connectivity index (χ2n) is 6.09. The molecule has 2 heterocycles. The molecule has 1 amide bonds. The van der Waals surface area contributed by atoms with E-state index in [0.717, 1.165) is 42.1 Å². The predicted molar refractivity (Wildman–Crippen MR) is 102 cm³/mol. The molecule has 0 atom stereocenters. The van der Waals surface area contributed by atoms with Crippen molar-refractivity contribution in [2.45, 2.75) is 6.92 Å². The maximum Gasteiger partial charge on any atom is 0.257 e. The van der Waals surface area contributed by atoms with Crippen LogP contribution in [-0.4, -0.2) is 37.2 Å². The average Bonchev–Trinajstić information content (AvgIpc) is 3.04. The van der Waals surface area contributed by atoms with E-state index in [1.807, 2.05) is 37.3 Å². The maximum atomic E-state index is 12.3. The molecule has 0 radical (unpaired) electrons. The molecule has 1 N–H and O–H groups in total. The first-order valence-electron chi connectivity index (χ1n) is 8.30. The van der Waals surface area contributed by atoms with Crippen molar-refractivity contribution in [3.8, 4) is 0 Å². The zero-order chi connectivity index (χ0) is 17.2. The Morgan fingerprint density at radius 1 is 1.16 bits per heavy atom. The number of aryl methyl sites for hydroxylation is 1. The van der Waals surface area contributed by atoms with Crippen LogP contribution in [0, 0.1) is 6.92 Å². The molecular formula is C19H19N3O2S. The molecule has 0 unspecified atom stereocenters. The van der Waals surface area contributed by atoms with Gasteiger partial charge in [-0.1, -0.05) is 29.0 Å². The van der Waals surface area contributed by atoms with Crippen LogP contribution >= 0.6 is 11.3 Å². The Morgan fingerprint density at radius 3 is 2.68 bits per heavy atom. The number of thiazole rings is 1. The van der Waals surface area contributed by atoms with Gasteiger partial charge in [0.25, 0.3) is 5.91 Å². The Labute approximate surface area is 150 Å². The number of carbonyl (C=O) groups is 1. The number of benzene rings is 2. The third-order valence-corrected chi connectivity index (χ3v) is 5.22. The Bertz CT molecular complexity index is 899. The van der Waals surface area contributed by atoms with Gasteiger partial charge in [0.05, 0.1) is 23.4 Å². The van der Waals surface area contributed by atoms with Crippen LogP contribution in [0.2, 0.25) is 0 Å². The lowest BCUT2D eigenvalue weighted by atomic mass is 10.1. The molecule has 1 aromatic heterocycles. The van der Waals surface area contributed by atoms with Gasteiger partial charge in [0, 0.05) is 24.3 Å². The summed E-state index contributed by atoms with van der Waals surface area (Å²) < 4.78 is 6.48. The number of aromatic nitrogens is 1. The van der Waals surface area contributed by atoms with Gasteiger partial charge in [0.2, 0.25) is 0 Å². The molecule has 0 saturated carbocycles. The number of hydrogen-bond donors (Lipinski definition) is 1. The van der Waals surface area contributed by atoms with Gasteiger partial charge >= 0.3 is 0 Å². The second-order valence-corrected chi connectivity index (χ2v) is 7.12. The highest BCUT2D eigenvalue weighted by molar-refractivity contribution is 7.22. The zero-order valence-corrected chi connectivity index (χ0v) is 14.8. The van der Waals surface area contributed by atoms with Gasteiger partial charge in [-0.2, -0.15) is 0 Å². The number of morpholine rings is 1. The Kier molecular flexibility index (Phi) is 4.38. The molecule has 0 spiro atoms. The Morgan fingerprint density at radius 2 is 1.92 bits per heavy atom. The number of fused-ring (bicyclic) bond motifs is 1. The fourth-order valence-electron chi connectivity index (χ4n) is 2.86. The molecule has 2 aromatic carbocycles. The van der Waals surface area contributed by atoms with Gasteiger partial charge in [-0.05, 0) is 37.3 Å². The predicted octanol–water partition coefficient (Wildman–Crippen LogP) is 3.69. The van der Waals surface area contributed by atoms with Crippen molar-refractivity contribution < 1.29 is 9.53 Å². The number of nitrogens with one attached hydrogen (secondary N) is 1. The molecule has 0 bridgehead atoms. The molecule has 1 aliphatic rings. The van der Waals surface area contributed by atoms with Crippen LogP contribution in [-0.2, 0) is 4.74 Å². The summed E-state index contributed by atoms with van der Waals surface area (Å²) in [4.78, 5) is 19.2. The summed E-state index contributed by atoms with van der Waals surface area (Å²) in [7, 11) is 0. The van der Waals surface area contributed by atoms with Crippen LogP contribution in [0.15, 0.2) is 42.5 Å². The molecular weight excluding hydrogens is 334 g/mol. The number of carbonyl (C=O) groups excluding carboxylic acids is 1. The van der Waals surface area contributed by atoms with E-state index in [0.29, 0.717) is 10.7 Å². The first-order valence-corrected chi connectivity index (χ1v) is 9.12. The SMILES string of the molecule is Cc1ccc(C(=O)Nc2nc3ccc(N4CCOCC4)cc3s2)cc1. The van der Waals surface area contributed by atoms with Crippen LogP contribution in [0.3, 0.4) is 0 Å². The highest BCUT2D eigenvalue weighted by Gasteiger charge is 2.14. The minimum atomic E-state index is -0.132. The van der Waals surface area contributed by atoms with Crippen molar-refractivity contribution in [1.82, 2.24) is 4.98 Å². The van der Waals surface area contributed by atoms with Crippen molar-refractivity contribution >= 4 is 38.3 Å². The fourth-order valence-corrected chi connectivity index (χ4v) is 3.75. The third-order valence-electron chi connectivity index (χ3n) is 4.28. The van der Waals surface area contributed by atoms with E-state index in [9.17, 15) is 4.79 Å². The highest BCUT2D eigenvalue weighted by Crippen LogP contribution is 2.30. The number of hydrogen-bond acceptors (Lipinski definition) is 5. The lowest BCUT2D eigenvalue weighted by Crippen LogP contribution is -2.36. The van der Waals surface area contributed by atoms with Gasteiger partial charge in [-0.15, -0.1) is 0 Å². The Hall–Kier alpha value is -2.44. The number of ether oxygens (including phenoxy) is 1. The van der Waals surface area contributed by atoms with Crippen LogP contribution in [0.1, 0.15) is 15.9 Å². The summed E-state index contributed by atoms with van der Waals surface area (Å²) in [5.41, 5.74) is 3.85. The third kappa shape index (κ3) is 3.50. The summed E-state index contributed by atoms with van der Waals surface area (Å²) in [6.07, 6.45) is 0. The van der Waals surface area contributed by atoms with Crippen LogP contribution in [0.5, 0.6) is 0 Å². The summed E-state index contributed by atoms with van der Waals surface area (Å²) >= 11 is 1.50. The van der Waals surface area contributed by atoms with Crippen LogP contribution < -0.4 is 10.2 Å². The van der Waals surface area contributed by atoms with Crippen molar-refractivity contribution in [1.29, 1.82) is 0 Å². The topological polar surface area (TPSA) is 54.5 Å². The minimum Gasteiger partial charge on any atom is -0.378 e. The number of anilines is 2. The van der Waals surface area contributed by atoms with E-state index >= 15 is 0 Å². The maximum absolute atomic E-state index is 12.3. The van der Waals surface area contributed by atoms with Crippen LogP contribution in [0.25, 0.3) is 10.2 Å². The molecule has 0 aliphatic carbocycles. The van der Waals surface area contributed by atoms with Crippen molar-refractivity contribution in [2.24, 2.45) is 0 Å². The van der Waals surface area contributed by atoms with Gasteiger partial charge < -0.3 is 9.64 Å². The van der Waals surface area contributed by atoms with E-state index in [2.05, 4.69) is 27.3 Å². The first-order chi connectivity index (χ1) is 12.2. The monoisotopic (exact) mass is 353 g/mol. The molecule has 3 aromatic rings. The average molecular weight is 353 g/mol. The number of rotatable bonds is 3. The quantitative estimate of drug-likeness (QED) is 0.780. The molecule has 25 heavy (non-hydrogen) atoms. The normalized spacial score (nSPS) is 14.7. The van der Waals surface area contributed by atoms with Crippen molar-refractivity contribution in [2.75, 3.05) is 36.5 Å². The van der Waals surface area contributed by atoms with E-state index in [1.54, 1.807) is 0 Å². The zero-order valence-electron chi connectivity index (χ0n) is 14.0. The van der Waals surface area contributed by atoms with Crippen molar-refractivity contribution in [3.63, 3.8) is 0 Å². The van der Waals surface area contributed by atoms with Gasteiger partial charge in [0.1, 0.15) is 0 Å². The fraction of sp³-hybridized carbons (Fsp3) is 0.263. The second kappa shape index (κ2) is 6.82. The van der Waals surface area contributed by atoms with E-state index in [-0.39, 0.29) is 5.91 Å². The lowest BCUT2D eigenvalue weighted by Gasteiger charge is -2.28. The summed E-state index contributed by atoms with van der Waals surface area (Å²) in [5.74, 6) is -0.132. The molecule has 4 rings (SSSR count). The van der Waals surface area contributed by atoms with Gasteiger partial charge in [0.15, 0.2) is 5.13 Å². The minimum absolute atomic E-state index is 0.132. The number of amides is 1. The standard InChI is InChI=1S/C19H19N3O2S/c1-13-2-4-14(5-3-13)18(23)21-19-20-16-7-6-15(12-17(16)25-19)22-8-10-24-11-9-22/h2-7,12H,8-11H2,1H3,(H,20,21,23). The molecule has 1 fully saturated rings. The van der Waals surface area contributed by atoms with Crippen LogP contribution in [0.4, 0.5) is 10.8 Å². The first kappa shape index (κ1) is 16.1. The summed E-state index contributed by atoms with van der Waals surface area (Å²) in [5, 5.41) is 3.53.